The van der Waals surface area contributed by atoms with Crippen LogP contribution < -0.4 is 42.5 Å². The van der Waals surface area contributed by atoms with Crippen LogP contribution in [-0.2, 0) is 17.4 Å². The van der Waals surface area contributed by atoms with Gasteiger partial charge in [-0.05, 0) is 92.3 Å². The fraction of sp³-hybridized carbons (Fsp3) is 0.975. The van der Waals surface area contributed by atoms with Gasteiger partial charge in [0.2, 0.25) is 0 Å². The van der Waals surface area contributed by atoms with E-state index in [-0.39, 0.29) is 17.4 Å². The van der Waals surface area contributed by atoms with Gasteiger partial charge in [0.15, 0.2) is 0 Å². The van der Waals surface area contributed by atoms with Gasteiger partial charge in [-0.3, -0.25) is 42.5 Å². The van der Waals surface area contributed by atoms with Gasteiger partial charge in [-0.2, -0.15) is 6.42 Å². The predicted octanol–water partition coefficient (Wildman–Crippen LogP) is 4.61. The van der Waals surface area contributed by atoms with Crippen molar-refractivity contribution in [3.63, 3.8) is 0 Å². The first-order chi connectivity index (χ1) is 24.1. The Morgan fingerprint density at radius 1 is 0.500 bits per heavy atom. The second-order valence-corrected chi connectivity index (χ2v) is 18.0. The molecule has 9 fully saturated rings. The molecule has 50 heavy (non-hydrogen) atoms. The van der Waals surface area contributed by atoms with Crippen molar-refractivity contribution in [2.45, 2.75) is 185 Å². The van der Waals surface area contributed by atoms with E-state index in [2.05, 4.69) is 62.8 Å². The zero-order valence-electron chi connectivity index (χ0n) is 31.4. The molecule has 286 valence electrons. The van der Waals surface area contributed by atoms with Crippen LogP contribution in [0.2, 0.25) is 0 Å². The number of hydrogen-bond acceptors (Lipinski definition) is 9. The van der Waals surface area contributed by atoms with Crippen LogP contribution in [0.1, 0.15) is 136 Å². The van der Waals surface area contributed by atoms with E-state index in [4.69, 9.17) is 5.11 Å². The molecule has 5 saturated heterocycles. The smallest absolute Gasteiger partial charge is 0.0628 e. The minimum atomic E-state index is 0. The average molecular weight is 734 g/mol. The molecule has 8 bridgehead atoms. The Bertz CT molecular complexity index is 845. The van der Waals surface area contributed by atoms with Gasteiger partial charge in [-0.25, -0.2) is 0 Å². The first-order valence-corrected chi connectivity index (χ1v) is 21.7. The molecular weight excluding hydrogens is 660 g/mol. The van der Waals surface area contributed by atoms with Crippen LogP contribution >= 0.6 is 0 Å². The van der Waals surface area contributed by atoms with Crippen LogP contribution in [-0.4, -0.2) is 61.0 Å². The SMILES string of the molecule is CCCCC(CC)CO.[CH-]1CCCC2C3NC(NC4NC(NC5NC(NC6NC(N3)C3CCCCC63)C3CCCCC53)C3CCCCC43)C12.[Cr]. The number of fused-ring (bicyclic) bond motifs is 20. The second kappa shape index (κ2) is 17.8. The van der Waals surface area contributed by atoms with Crippen molar-refractivity contribution in [1.29, 1.82) is 0 Å². The van der Waals surface area contributed by atoms with Crippen molar-refractivity contribution in [2.75, 3.05) is 6.61 Å². The summed E-state index contributed by atoms with van der Waals surface area (Å²) in [6.07, 6.45) is 31.3. The van der Waals surface area contributed by atoms with Gasteiger partial charge in [-0.15, -0.1) is 5.92 Å². The van der Waals surface area contributed by atoms with Crippen molar-refractivity contribution in [1.82, 2.24) is 42.5 Å². The molecule has 10 heteroatoms. The molecule has 9 N–H and O–H groups in total. The zero-order valence-corrected chi connectivity index (χ0v) is 32.7. The maximum atomic E-state index is 8.75. The summed E-state index contributed by atoms with van der Waals surface area (Å²) in [4.78, 5) is 0. The van der Waals surface area contributed by atoms with Crippen LogP contribution in [0, 0.1) is 59.7 Å². The summed E-state index contributed by atoms with van der Waals surface area (Å²) < 4.78 is 0. The Hall–Kier alpha value is 0.172. The van der Waals surface area contributed by atoms with E-state index in [0.29, 0.717) is 73.7 Å². The fourth-order valence-electron chi connectivity index (χ4n) is 12.7. The summed E-state index contributed by atoms with van der Waals surface area (Å²) >= 11 is 0. The van der Waals surface area contributed by atoms with Crippen molar-refractivity contribution in [3.05, 3.63) is 6.42 Å². The van der Waals surface area contributed by atoms with Gasteiger partial charge >= 0.3 is 0 Å². The third kappa shape index (κ3) is 7.94. The van der Waals surface area contributed by atoms with E-state index in [9.17, 15) is 0 Å². The monoisotopic (exact) mass is 734 g/mol. The number of aliphatic hydroxyl groups is 1. The van der Waals surface area contributed by atoms with Gasteiger partial charge in [0.25, 0.3) is 0 Å². The number of nitrogens with one attached hydrogen (secondary N) is 8. The molecule has 0 aromatic carbocycles. The molecule has 9 rings (SSSR count). The number of aliphatic hydroxyl groups excluding tert-OH is 1. The number of unbranched alkanes of at least 4 members (excludes halogenated alkanes) is 1. The Balaban J connectivity index is 0.000000350. The summed E-state index contributed by atoms with van der Waals surface area (Å²) in [5, 5.41) is 42.4. The molecule has 0 aromatic rings. The molecule has 5 aliphatic heterocycles. The molecule has 0 spiro atoms. The molecule has 17 atom stereocenters. The predicted molar refractivity (Wildman–Crippen MR) is 197 cm³/mol. The molecule has 9 aliphatic rings. The summed E-state index contributed by atoms with van der Waals surface area (Å²) in [6.45, 7) is 4.69. The first-order valence-electron chi connectivity index (χ1n) is 21.7. The van der Waals surface area contributed by atoms with E-state index in [1.165, 1.54) is 116 Å². The van der Waals surface area contributed by atoms with Crippen molar-refractivity contribution in [3.8, 4) is 0 Å². The molecule has 4 aliphatic carbocycles. The average Bonchev–Trinajstić information content (AvgIpc) is 3.88. The Morgan fingerprint density at radius 3 is 1.18 bits per heavy atom. The molecule has 0 radical (unpaired) electrons. The van der Waals surface area contributed by atoms with Gasteiger partial charge in [0.1, 0.15) is 0 Å². The summed E-state index contributed by atoms with van der Waals surface area (Å²) in [6, 6.07) is 0. The summed E-state index contributed by atoms with van der Waals surface area (Å²) in [5.41, 5.74) is 0. The minimum Gasteiger partial charge on any atom is -0.396 e. The third-order valence-electron chi connectivity index (χ3n) is 15.4. The number of rotatable bonds is 5. The fourth-order valence-corrected chi connectivity index (χ4v) is 12.7. The number of hydrogen-bond donors (Lipinski definition) is 9. The van der Waals surface area contributed by atoms with Gasteiger partial charge in [0.05, 0.1) is 43.2 Å². The van der Waals surface area contributed by atoms with Crippen molar-refractivity contribution >= 4 is 0 Å². The van der Waals surface area contributed by atoms with Gasteiger partial charge in [-0.1, -0.05) is 84.5 Å². The normalized spacial score (nSPS) is 48.5. The van der Waals surface area contributed by atoms with Crippen LogP contribution in [0.4, 0.5) is 0 Å². The van der Waals surface area contributed by atoms with E-state index >= 15 is 0 Å². The van der Waals surface area contributed by atoms with Crippen molar-refractivity contribution in [2.24, 2.45) is 53.3 Å². The molecule has 17 unspecified atom stereocenters. The largest absolute Gasteiger partial charge is 0.396 e. The topological polar surface area (TPSA) is 116 Å². The molecule has 5 heterocycles. The van der Waals surface area contributed by atoms with Crippen LogP contribution in [0.3, 0.4) is 0 Å². The van der Waals surface area contributed by atoms with E-state index in [0.717, 1.165) is 41.9 Å². The maximum Gasteiger partial charge on any atom is 0.0628 e. The van der Waals surface area contributed by atoms with E-state index in [1.807, 2.05) is 0 Å². The summed E-state index contributed by atoms with van der Waals surface area (Å²) in [7, 11) is 0. The van der Waals surface area contributed by atoms with Crippen LogP contribution in [0.25, 0.3) is 0 Å². The Labute approximate surface area is 315 Å². The standard InChI is InChI=1S/C32H55N8.C8H18O.Cr/c1-2-10-18-17(9-1)25-33-26(18)38-28-21-13-5-6-14-22(21)30(35-28)40-32-24-16-8-7-15-23(24)31(36-32)39-29-20-12-4-3-11-19(20)27(34-29)37-25;1-3-5-6-8(4-2)7-9;/h9,17-40H,1-8,10-16H2;8-9H,3-7H2,1-2H3;/q-1;;. The van der Waals surface area contributed by atoms with Gasteiger partial charge < -0.3 is 11.5 Å². The van der Waals surface area contributed by atoms with Crippen LogP contribution in [0.15, 0.2) is 0 Å². The second-order valence-electron chi connectivity index (χ2n) is 18.0. The van der Waals surface area contributed by atoms with E-state index < -0.39 is 0 Å². The van der Waals surface area contributed by atoms with E-state index in [1.54, 1.807) is 0 Å². The Morgan fingerprint density at radius 2 is 0.840 bits per heavy atom. The molecular formula is C40H73CrN8O-. The molecule has 0 amide bonds. The van der Waals surface area contributed by atoms with Crippen molar-refractivity contribution < 1.29 is 22.5 Å². The molecule has 9 nitrogen and oxygen atoms in total. The molecule has 4 saturated carbocycles. The Kier molecular flexibility index (Phi) is 13.7. The quantitative estimate of drug-likeness (QED) is 0.187. The minimum absolute atomic E-state index is 0. The maximum absolute atomic E-state index is 8.75. The summed E-state index contributed by atoms with van der Waals surface area (Å²) in [5.74, 6) is 6.30. The van der Waals surface area contributed by atoms with Gasteiger partial charge in [0, 0.05) is 30.1 Å². The third-order valence-corrected chi connectivity index (χ3v) is 15.4. The zero-order chi connectivity index (χ0) is 33.3. The first kappa shape index (κ1) is 38.4. The van der Waals surface area contributed by atoms with Crippen LogP contribution in [0.5, 0.6) is 0 Å². The molecule has 0 aromatic heterocycles.